The van der Waals surface area contributed by atoms with Gasteiger partial charge < -0.3 is 5.11 Å². The van der Waals surface area contributed by atoms with Gasteiger partial charge in [-0.3, -0.25) is 4.79 Å². The summed E-state index contributed by atoms with van der Waals surface area (Å²) in [6.45, 7) is 1.86. The molecular weight excluding hydrogens is 396 g/mol. The van der Waals surface area contributed by atoms with Gasteiger partial charge in [0.2, 0.25) is 0 Å². The van der Waals surface area contributed by atoms with Gasteiger partial charge in [0.15, 0.2) is 5.60 Å². The number of hydrogen-bond acceptors (Lipinski definition) is 3. The van der Waals surface area contributed by atoms with E-state index in [0.717, 1.165) is 5.56 Å². The molecule has 2 N–H and O–H groups in total. The molecule has 32 heavy (non-hydrogen) atoms. The van der Waals surface area contributed by atoms with Gasteiger partial charge in [-0.1, -0.05) is 104 Å². The third-order valence-corrected chi connectivity index (χ3v) is 6.44. The van der Waals surface area contributed by atoms with Crippen molar-refractivity contribution in [2.45, 2.75) is 50.5 Å². The summed E-state index contributed by atoms with van der Waals surface area (Å²) in [4.78, 5) is 13.2. The number of carbonyl (C=O) groups is 1. The third-order valence-electron chi connectivity index (χ3n) is 6.44. The smallest absolute Gasteiger partial charge is 0.281 e. The fourth-order valence-electron chi connectivity index (χ4n) is 4.50. The Morgan fingerprint density at radius 1 is 0.844 bits per heavy atom. The lowest BCUT2D eigenvalue weighted by molar-refractivity contribution is -0.136. The first kappa shape index (κ1) is 22.0. The summed E-state index contributed by atoms with van der Waals surface area (Å²) in [6, 6.07) is 26.4. The highest BCUT2D eigenvalue weighted by Gasteiger charge is 2.39. The molecule has 1 amide bonds. The monoisotopic (exact) mass is 426 g/mol. The zero-order chi connectivity index (χ0) is 22.4. The number of hydrazone groups is 1. The van der Waals surface area contributed by atoms with Crippen LogP contribution in [0.3, 0.4) is 0 Å². The minimum absolute atomic E-state index is 0.494. The molecule has 0 atom stereocenters. The van der Waals surface area contributed by atoms with Gasteiger partial charge in [-0.2, -0.15) is 5.10 Å². The molecule has 1 aliphatic rings. The van der Waals surface area contributed by atoms with Gasteiger partial charge in [-0.15, -0.1) is 0 Å². The molecule has 0 aromatic heterocycles. The molecule has 0 saturated heterocycles. The van der Waals surface area contributed by atoms with Gasteiger partial charge in [0.25, 0.3) is 5.91 Å². The number of nitrogens with zero attached hydrogens (tertiary/aromatic N) is 1. The van der Waals surface area contributed by atoms with E-state index in [4.69, 9.17) is 0 Å². The van der Waals surface area contributed by atoms with E-state index in [-0.39, 0.29) is 0 Å². The number of nitrogens with one attached hydrogen (secondary N) is 1. The Bertz CT molecular complexity index is 1010. The van der Waals surface area contributed by atoms with Gasteiger partial charge in [0.1, 0.15) is 0 Å². The van der Waals surface area contributed by atoms with Crippen molar-refractivity contribution < 1.29 is 9.90 Å². The summed E-state index contributed by atoms with van der Waals surface area (Å²) in [5, 5.41) is 15.8. The van der Waals surface area contributed by atoms with Crippen molar-refractivity contribution in [1.82, 2.24) is 5.43 Å². The molecule has 0 radical (unpaired) electrons. The molecule has 0 heterocycles. The quantitative estimate of drug-likeness (QED) is 0.403. The first-order valence-corrected chi connectivity index (χ1v) is 11.4. The van der Waals surface area contributed by atoms with Crippen LogP contribution in [-0.2, 0) is 10.4 Å². The van der Waals surface area contributed by atoms with Crippen LogP contribution in [0.15, 0.2) is 90.0 Å². The average Bonchev–Trinajstić information content (AvgIpc) is 2.88. The van der Waals surface area contributed by atoms with Crippen molar-refractivity contribution in [2.24, 2.45) is 5.10 Å². The van der Waals surface area contributed by atoms with E-state index < -0.39 is 11.5 Å². The zero-order valence-corrected chi connectivity index (χ0v) is 18.5. The summed E-state index contributed by atoms with van der Waals surface area (Å²) >= 11 is 0. The fraction of sp³-hybridized carbons (Fsp3) is 0.286. The van der Waals surface area contributed by atoms with Crippen molar-refractivity contribution >= 4 is 11.6 Å². The Hall–Kier alpha value is -3.24. The third kappa shape index (κ3) is 4.66. The lowest BCUT2D eigenvalue weighted by Crippen LogP contribution is -2.43. The first-order chi connectivity index (χ1) is 15.6. The highest BCUT2D eigenvalue weighted by Crippen LogP contribution is 2.33. The highest BCUT2D eigenvalue weighted by atomic mass is 16.3. The average molecular weight is 427 g/mol. The van der Waals surface area contributed by atoms with E-state index in [1.807, 2.05) is 19.1 Å². The van der Waals surface area contributed by atoms with Gasteiger partial charge in [0.05, 0.1) is 5.71 Å². The lowest BCUT2D eigenvalue weighted by Gasteiger charge is -2.27. The summed E-state index contributed by atoms with van der Waals surface area (Å²) < 4.78 is 0. The SMILES string of the molecule is C/C(=N\NC(=O)C(O)(c1ccccc1)c1ccccc1)c1ccc(C2CCCCC2)cc1. The van der Waals surface area contributed by atoms with Gasteiger partial charge >= 0.3 is 0 Å². The molecule has 1 aliphatic carbocycles. The molecule has 164 valence electrons. The van der Waals surface area contributed by atoms with Crippen molar-refractivity contribution in [2.75, 3.05) is 0 Å². The maximum absolute atomic E-state index is 13.2. The van der Waals surface area contributed by atoms with Crippen LogP contribution in [0.1, 0.15) is 67.2 Å². The van der Waals surface area contributed by atoms with Crippen molar-refractivity contribution in [3.63, 3.8) is 0 Å². The van der Waals surface area contributed by atoms with E-state index in [1.165, 1.54) is 37.7 Å². The fourth-order valence-corrected chi connectivity index (χ4v) is 4.50. The summed E-state index contributed by atoms with van der Waals surface area (Å²) in [7, 11) is 0. The Morgan fingerprint density at radius 2 is 1.38 bits per heavy atom. The molecule has 4 nitrogen and oxygen atoms in total. The largest absolute Gasteiger partial charge is 0.372 e. The summed E-state index contributed by atoms with van der Waals surface area (Å²) in [5.41, 5.74) is 4.77. The van der Waals surface area contributed by atoms with Crippen LogP contribution in [0, 0.1) is 0 Å². The second-order valence-corrected chi connectivity index (χ2v) is 8.54. The maximum Gasteiger partial charge on any atom is 0.281 e. The predicted octanol–water partition coefficient (Wildman–Crippen LogP) is 5.51. The Balaban J connectivity index is 1.53. The molecule has 3 aromatic carbocycles. The van der Waals surface area contributed by atoms with E-state index in [0.29, 0.717) is 22.8 Å². The normalized spacial score (nSPS) is 15.4. The van der Waals surface area contributed by atoms with E-state index >= 15 is 0 Å². The van der Waals surface area contributed by atoms with Crippen molar-refractivity contribution in [3.05, 3.63) is 107 Å². The molecule has 0 aliphatic heterocycles. The van der Waals surface area contributed by atoms with Crippen LogP contribution in [0.4, 0.5) is 0 Å². The Labute approximate surface area is 190 Å². The number of rotatable bonds is 6. The molecule has 0 unspecified atom stereocenters. The molecule has 1 saturated carbocycles. The second kappa shape index (κ2) is 9.92. The van der Waals surface area contributed by atoms with Crippen molar-refractivity contribution in [1.29, 1.82) is 0 Å². The highest BCUT2D eigenvalue weighted by molar-refractivity contribution is 6.00. The van der Waals surface area contributed by atoms with Gasteiger partial charge in [0, 0.05) is 0 Å². The number of hydrogen-bond donors (Lipinski definition) is 2. The molecule has 0 spiro atoms. The lowest BCUT2D eigenvalue weighted by atomic mass is 9.84. The topological polar surface area (TPSA) is 61.7 Å². The molecule has 0 bridgehead atoms. The Morgan fingerprint density at radius 3 is 1.91 bits per heavy atom. The van der Waals surface area contributed by atoms with Crippen LogP contribution in [0.2, 0.25) is 0 Å². The first-order valence-electron chi connectivity index (χ1n) is 11.4. The van der Waals surface area contributed by atoms with Crippen LogP contribution < -0.4 is 5.43 Å². The summed E-state index contributed by atoms with van der Waals surface area (Å²) in [6.07, 6.45) is 6.49. The van der Waals surface area contributed by atoms with E-state index in [9.17, 15) is 9.90 Å². The molecule has 4 heteroatoms. The number of carbonyl (C=O) groups excluding carboxylic acids is 1. The standard InChI is InChI=1S/C28H30N2O2/c1-21(22-17-19-24(20-18-22)23-11-5-2-6-12-23)29-30-27(31)28(32,25-13-7-3-8-14-25)26-15-9-4-10-16-26/h3-4,7-10,13-20,23,32H,2,5-6,11-12H2,1H3,(H,30,31)/b29-21+. The number of amides is 1. The van der Waals surface area contributed by atoms with E-state index in [2.05, 4.69) is 34.8 Å². The number of aliphatic hydroxyl groups is 1. The van der Waals surface area contributed by atoms with Gasteiger partial charge in [-0.25, -0.2) is 5.43 Å². The maximum atomic E-state index is 13.2. The van der Waals surface area contributed by atoms with Crippen LogP contribution in [-0.4, -0.2) is 16.7 Å². The van der Waals surface area contributed by atoms with Crippen LogP contribution in [0.25, 0.3) is 0 Å². The molecular formula is C28H30N2O2. The second-order valence-electron chi connectivity index (χ2n) is 8.54. The molecule has 4 rings (SSSR count). The van der Waals surface area contributed by atoms with E-state index in [1.54, 1.807) is 48.5 Å². The zero-order valence-electron chi connectivity index (χ0n) is 18.5. The minimum Gasteiger partial charge on any atom is -0.372 e. The number of benzene rings is 3. The summed E-state index contributed by atoms with van der Waals surface area (Å²) in [5.74, 6) is 0.0644. The van der Waals surface area contributed by atoms with Crippen molar-refractivity contribution in [3.8, 4) is 0 Å². The minimum atomic E-state index is -1.84. The Kier molecular flexibility index (Phi) is 6.81. The molecule has 3 aromatic rings. The van der Waals surface area contributed by atoms with Crippen LogP contribution >= 0.6 is 0 Å². The van der Waals surface area contributed by atoms with Crippen LogP contribution in [0.5, 0.6) is 0 Å². The predicted molar refractivity (Wildman–Crippen MR) is 129 cm³/mol. The van der Waals surface area contributed by atoms with Gasteiger partial charge in [-0.05, 0) is 47.9 Å². The molecule has 1 fully saturated rings.